The third-order valence-electron chi connectivity index (χ3n) is 3.24. The topological polar surface area (TPSA) is 46.0 Å². The van der Waals surface area contributed by atoms with Crippen molar-refractivity contribution in [3.8, 4) is 22.3 Å². The third-order valence-corrected chi connectivity index (χ3v) is 3.24. The van der Waals surface area contributed by atoms with Gasteiger partial charge in [0.25, 0.3) is 0 Å². The van der Waals surface area contributed by atoms with Crippen LogP contribution >= 0.6 is 0 Å². The molecule has 0 aliphatic rings. The maximum Gasteiger partial charge on any atom is 0.0688 e. The molecule has 3 rings (SSSR count). The van der Waals surface area contributed by atoms with E-state index in [9.17, 15) is 5.11 Å². The highest BCUT2D eigenvalue weighted by atomic mass is 16.3. The average molecular weight is 262 g/mol. The number of aliphatic hydroxyl groups is 1. The number of aliphatic hydroxyl groups excluding tert-OH is 1. The van der Waals surface area contributed by atoms with Crippen LogP contribution in [0.15, 0.2) is 67.3 Å². The first-order valence-corrected chi connectivity index (χ1v) is 6.43. The van der Waals surface area contributed by atoms with Crippen molar-refractivity contribution in [1.82, 2.24) is 9.97 Å². The van der Waals surface area contributed by atoms with Crippen LogP contribution in [0.4, 0.5) is 0 Å². The van der Waals surface area contributed by atoms with E-state index < -0.39 is 0 Å². The van der Waals surface area contributed by atoms with Gasteiger partial charge < -0.3 is 5.11 Å². The van der Waals surface area contributed by atoms with Gasteiger partial charge in [-0.05, 0) is 28.8 Å². The average Bonchev–Trinajstić information content (AvgIpc) is 2.55. The van der Waals surface area contributed by atoms with Crippen LogP contribution in [0.2, 0.25) is 0 Å². The molecule has 0 saturated heterocycles. The van der Waals surface area contributed by atoms with Crippen LogP contribution in [0.25, 0.3) is 22.3 Å². The van der Waals surface area contributed by atoms with E-state index in [-0.39, 0.29) is 6.61 Å². The molecule has 0 unspecified atom stereocenters. The Hall–Kier alpha value is -2.52. The van der Waals surface area contributed by atoms with Crippen molar-refractivity contribution < 1.29 is 5.11 Å². The second kappa shape index (κ2) is 5.63. The zero-order chi connectivity index (χ0) is 13.8. The van der Waals surface area contributed by atoms with Crippen LogP contribution in [-0.4, -0.2) is 15.1 Å². The highest BCUT2D eigenvalue weighted by Gasteiger charge is 2.11. The standard InChI is InChI=1S/C17H14N2O/c20-12-15-4-1-7-16(13-5-2-8-18-10-13)17(15)14-6-3-9-19-11-14/h1-11,20H,12H2. The van der Waals surface area contributed by atoms with Gasteiger partial charge in [-0.1, -0.05) is 30.3 Å². The van der Waals surface area contributed by atoms with Crippen molar-refractivity contribution in [2.24, 2.45) is 0 Å². The minimum Gasteiger partial charge on any atom is -0.392 e. The molecular weight excluding hydrogens is 248 g/mol. The molecule has 20 heavy (non-hydrogen) atoms. The Balaban J connectivity index is 2.26. The fourth-order valence-corrected chi connectivity index (χ4v) is 2.35. The summed E-state index contributed by atoms with van der Waals surface area (Å²) >= 11 is 0. The molecular formula is C17H14N2O. The minimum atomic E-state index is -0.00166. The predicted octanol–water partition coefficient (Wildman–Crippen LogP) is 3.30. The van der Waals surface area contributed by atoms with Gasteiger partial charge in [0.1, 0.15) is 0 Å². The van der Waals surface area contributed by atoms with Crippen molar-refractivity contribution in [3.05, 3.63) is 72.8 Å². The normalized spacial score (nSPS) is 10.4. The molecule has 2 aromatic heterocycles. The van der Waals surface area contributed by atoms with E-state index >= 15 is 0 Å². The fourth-order valence-electron chi connectivity index (χ4n) is 2.35. The van der Waals surface area contributed by atoms with Crippen molar-refractivity contribution in [3.63, 3.8) is 0 Å². The van der Waals surface area contributed by atoms with Gasteiger partial charge in [-0.15, -0.1) is 0 Å². The summed E-state index contributed by atoms with van der Waals surface area (Å²) in [6.45, 7) is -0.00166. The van der Waals surface area contributed by atoms with Gasteiger partial charge in [0.2, 0.25) is 0 Å². The van der Waals surface area contributed by atoms with Crippen LogP contribution in [0.3, 0.4) is 0 Å². The van der Waals surface area contributed by atoms with Crippen LogP contribution < -0.4 is 0 Å². The van der Waals surface area contributed by atoms with Gasteiger partial charge in [-0.25, -0.2) is 0 Å². The zero-order valence-electron chi connectivity index (χ0n) is 10.9. The number of hydrogen-bond donors (Lipinski definition) is 1. The molecule has 0 atom stereocenters. The molecule has 0 aliphatic carbocycles. The SMILES string of the molecule is OCc1cccc(-c2cccnc2)c1-c1cccnc1. The van der Waals surface area contributed by atoms with Crippen LogP contribution in [0.1, 0.15) is 5.56 Å². The molecule has 0 bridgehead atoms. The first kappa shape index (κ1) is 12.5. The van der Waals surface area contributed by atoms with E-state index in [1.807, 2.05) is 54.9 Å². The number of nitrogens with zero attached hydrogens (tertiary/aromatic N) is 2. The van der Waals surface area contributed by atoms with E-state index in [2.05, 4.69) is 9.97 Å². The summed E-state index contributed by atoms with van der Waals surface area (Å²) in [4.78, 5) is 8.35. The largest absolute Gasteiger partial charge is 0.392 e. The Kier molecular flexibility index (Phi) is 3.52. The number of benzene rings is 1. The monoisotopic (exact) mass is 262 g/mol. The smallest absolute Gasteiger partial charge is 0.0688 e. The maximum absolute atomic E-state index is 9.62. The van der Waals surface area contributed by atoms with Crippen molar-refractivity contribution in [1.29, 1.82) is 0 Å². The van der Waals surface area contributed by atoms with Gasteiger partial charge in [-0.3, -0.25) is 9.97 Å². The van der Waals surface area contributed by atoms with Gasteiger partial charge in [0.05, 0.1) is 6.61 Å². The lowest BCUT2D eigenvalue weighted by Gasteiger charge is -2.13. The number of pyridine rings is 2. The molecule has 0 aliphatic heterocycles. The zero-order valence-corrected chi connectivity index (χ0v) is 10.9. The van der Waals surface area contributed by atoms with Crippen molar-refractivity contribution in [2.45, 2.75) is 6.61 Å². The predicted molar refractivity (Wildman–Crippen MR) is 78.8 cm³/mol. The number of rotatable bonds is 3. The Bertz CT molecular complexity index is 697. The molecule has 0 spiro atoms. The van der Waals surface area contributed by atoms with Gasteiger partial charge in [0, 0.05) is 35.9 Å². The number of hydrogen-bond acceptors (Lipinski definition) is 3. The first-order chi connectivity index (χ1) is 9.90. The van der Waals surface area contributed by atoms with Crippen LogP contribution in [0.5, 0.6) is 0 Å². The van der Waals surface area contributed by atoms with E-state index in [4.69, 9.17) is 0 Å². The Labute approximate surface area is 117 Å². The van der Waals surface area contributed by atoms with Crippen LogP contribution in [-0.2, 0) is 6.61 Å². The maximum atomic E-state index is 9.62. The number of aromatic nitrogens is 2. The summed E-state index contributed by atoms with van der Waals surface area (Å²) in [5, 5.41) is 9.62. The van der Waals surface area contributed by atoms with Gasteiger partial charge >= 0.3 is 0 Å². The van der Waals surface area contributed by atoms with E-state index in [0.29, 0.717) is 0 Å². The summed E-state index contributed by atoms with van der Waals surface area (Å²) < 4.78 is 0. The highest BCUT2D eigenvalue weighted by molar-refractivity contribution is 5.85. The second-order valence-corrected chi connectivity index (χ2v) is 4.48. The Morgan fingerprint density at radius 1 is 0.800 bits per heavy atom. The Morgan fingerprint density at radius 3 is 2.10 bits per heavy atom. The molecule has 1 N–H and O–H groups in total. The third kappa shape index (κ3) is 2.31. The van der Waals surface area contributed by atoms with Gasteiger partial charge in [0.15, 0.2) is 0 Å². The molecule has 0 amide bonds. The molecule has 98 valence electrons. The second-order valence-electron chi connectivity index (χ2n) is 4.48. The van der Waals surface area contributed by atoms with E-state index in [1.54, 1.807) is 12.4 Å². The molecule has 1 aromatic carbocycles. The first-order valence-electron chi connectivity index (χ1n) is 6.43. The molecule has 0 radical (unpaired) electrons. The molecule has 0 fully saturated rings. The fraction of sp³-hybridized carbons (Fsp3) is 0.0588. The van der Waals surface area contributed by atoms with Gasteiger partial charge in [-0.2, -0.15) is 0 Å². The molecule has 3 nitrogen and oxygen atoms in total. The van der Waals surface area contributed by atoms with Crippen LogP contribution in [0, 0.1) is 0 Å². The molecule has 3 heteroatoms. The quantitative estimate of drug-likeness (QED) is 0.787. The highest BCUT2D eigenvalue weighted by Crippen LogP contribution is 2.34. The lowest BCUT2D eigenvalue weighted by atomic mass is 9.92. The summed E-state index contributed by atoms with van der Waals surface area (Å²) in [6.07, 6.45) is 7.14. The van der Waals surface area contributed by atoms with Crippen molar-refractivity contribution in [2.75, 3.05) is 0 Å². The molecule has 3 aromatic rings. The van der Waals surface area contributed by atoms with E-state index in [1.165, 1.54) is 0 Å². The molecule has 2 heterocycles. The summed E-state index contributed by atoms with van der Waals surface area (Å²) in [5.41, 5.74) is 4.98. The van der Waals surface area contributed by atoms with E-state index in [0.717, 1.165) is 27.8 Å². The lowest BCUT2D eigenvalue weighted by Crippen LogP contribution is -1.94. The summed E-state index contributed by atoms with van der Waals surface area (Å²) in [6, 6.07) is 13.8. The lowest BCUT2D eigenvalue weighted by molar-refractivity contribution is 0.282. The Morgan fingerprint density at radius 2 is 1.50 bits per heavy atom. The molecule has 0 saturated carbocycles. The minimum absolute atomic E-state index is 0.00166. The summed E-state index contributed by atoms with van der Waals surface area (Å²) in [7, 11) is 0. The van der Waals surface area contributed by atoms with Crippen molar-refractivity contribution >= 4 is 0 Å². The summed E-state index contributed by atoms with van der Waals surface area (Å²) in [5.74, 6) is 0.